The van der Waals surface area contributed by atoms with E-state index in [2.05, 4.69) is 20.4 Å². The van der Waals surface area contributed by atoms with Gasteiger partial charge in [0.2, 0.25) is 5.91 Å². The lowest BCUT2D eigenvalue weighted by molar-refractivity contribution is -0.124. The van der Waals surface area contributed by atoms with Gasteiger partial charge in [0.05, 0.1) is 0 Å². The van der Waals surface area contributed by atoms with Gasteiger partial charge in [-0.1, -0.05) is 32.0 Å². The number of nitrogens with one attached hydrogen (secondary N) is 1. The summed E-state index contributed by atoms with van der Waals surface area (Å²) >= 11 is 0. The molecular weight excluding hydrogens is 292 g/mol. The van der Waals surface area contributed by atoms with Crippen molar-refractivity contribution in [3.8, 4) is 11.5 Å². The minimum absolute atomic E-state index is 0.000218. The highest BCUT2D eigenvalue weighted by molar-refractivity contribution is 5.78. The molecule has 2 aromatic rings. The van der Waals surface area contributed by atoms with E-state index in [1.54, 1.807) is 0 Å². The molecule has 1 fully saturated rings. The monoisotopic (exact) mass is 314 g/mol. The Kier molecular flexibility index (Phi) is 4.60. The van der Waals surface area contributed by atoms with Crippen LogP contribution in [0.4, 0.5) is 5.95 Å². The molecule has 1 unspecified atom stereocenters. The number of hydrogen-bond acceptors (Lipinski definition) is 5. The van der Waals surface area contributed by atoms with Gasteiger partial charge in [0.1, 0.15) is 0 Å². The molecular formula is C17H22N4O2. The number of carbonyl (C=O) groups excluding carboxylic acids is 1. The van der Waals surface area contributed by atoms with Crippen molar-refractivity contribution in [1.82, 2.24) is 15.5 Å². The van der Waals surface area contributed by atoms with Gasteiger partial charge in [-0.25, -0.2) is 0 Å². The Morgan fingerprint density at radius 1 is 1.35 bits per heavy atom. The minimum atomic E-state index is 0.000218. The van der Waals surface area contributed by atoms with E-state index in [0.29, 0.717) is 18.4 Å². The van der Waals surface area contributed by atoms with Crippen LogP contribution in [0.25, 0.3) is 11.5 Å². The summed E-state index contributed by atoms with van der Waals surface area (Å²) < 4.78 is 5.37. The second-order valence-electron chi connectivity index (χ2n) is 6.21. The molecule has 0 aliphatic carbocycles. The second kappa shape index (κ2) is 6.81. The summed E-state index contributed by atoms with van der Waals surface area (Å²) in [6, 6.07) is 9.86. The summed E-state index contributed by atoms with van der Waals surface area (Å²) in [4.78, 5) is 18.4. The third kappa shape index (κ3) is 3.70. The summed E-state index contributed by atoms with van der Waals surface area (Å²) in [6.45, 7) is 5.40. The lowest BCUT2D eigenvalue weighted by atomic mass is 10.0. The van der Waals surface area contributed by atoms with Crippen molar-refractivity contribution >= 4 is 11.9 Å². The third-order valence-electron chi connectivity index (χ3n) is 4.01. The minimum Gasteiger partial charge on any atom is -0.351 e. The first-order valence-corrected chi connectivity index (χ1v) is 8.08. The van der Waals surface area contributed by atoms with Crippen molar-refractivity contribution in [1.29, 1.82) is 0 Å². The summed E-state index contributed by atoms with van der Waals surface area (Å²) in [7, 11) is 0. The van der Waals surface area contributed by atoms with Crippen LogP contribution >= 0.6 is 0 Å². The first-order valence-electron chi connectivity index (χ1n) is 8.08. The molecule has 6 heteroatoms. The Bertz CT molecular complexity index is 654. The number of nitrogens with zero attached hydrogens (tertiary/aromatic N) is 3. The number of hydrogen-bond donors (Lipinski definition) is 1. The number of piperidine rings is 1. The standard InChI is InChI=1S/C17H22N4O2/c1-12(2)15(22)18-14-9-6-10-21(11-14)17-19-16(23-20-17)13-7-4-3-5-8-13/h3-5,7-8,12,14H,6,9-11H2,1-2H3,(H,18,22). The van der Waals surface area contributed by atoms with E-state index in [1.807, 2.05) is 44.2 Å². The number of carbonyl (C=O) groups is 1. The van der Waals surface area contributed by atoms with E-state index < -0.39 is 0 Å². The molecule has 3 rings (SSSR count). The number of benzene rings is 1. The molecule has 1 amide bonds. The smallest absolute Gasteiger partial charge is 0.266 e. The summed E-state index contributed by atoms with van der Waals surface area (Å²) in [5.41, 5.74) is 0.910. The van der Waals surface area contributed by atoms with Gasteiger partial charge in [-0.2, -0.15) is 4.98 Å². The van der Waals surface area contributed by atoms with Crippen molar-refractivity contribution < 1.29 is 9.32 Å². The van der Waals surface area contributed by atoms with Gasteiger partial charge in [-0.05, 0) is 30.1 Å². The van der Waals surface area contributed by atoms with Crippen molar-refractivity contribution in [2.24, 2.45) is 5.92 Å². The maximum Gasteiger partial charge on any atom is 0.266 e. The predicted molar refractivity (Wildman–Crippen MR) is 87.9 cm³/mol. The third-order valence-corrected chi connectivity index (χ3v) is 4.01. The van der Waals surface area contributed by atoms with E-state index >= 15 is 0 Å². The summed E-state index contributed by atoms with van der Waals surface area (Å²) in [5.74, 6) is 1.21. The molecule has 0 bridgehead atoms. The van der Waals surface area contributed by atoms with E-state index in [0.717, 1.165) is 24.9 Å². The highest BCUT2D eigenvalue weighted by atomic mass is 16.5. The van der Waals surface area contributed by atoms with Gasteiger partial charge in [0.25, 0.3) is 11.8 Å². The van der Waals surface area contributed by atoms with Crippen LogP contribution in [0, 0.1) is 5.92 Å². The van der Waals surface area contributed by atoms with E-state index in [1.165, 1.54) is 0 Å². The molecule has 1 aromatic heterocycles. The lowest BCUT2D eigenvalue weighted by Crippen LogP contribution is -2.49. The zero-order valence-electron chi connectivity index (χ0n) is 13.5. The maximum absolute atomic E-state index is 11.9. The van der Waals surface area contributed by atoms with Crippen LogP contribution in [0.3, 0.4) is 0 Å². The first-order chi connectivity index (χ1) is 11.1. The van der Waals surface area contributed by atoms with Gasteiger partial charge in [-0.15, -0.1) is 0 Å². The zero-order valence-corrected chi connectivity index (χ0v) is 13.5. The fourth-order valence-electron chi connectivity index (χ4n) is 2.69. The maximum atomic E-state index is 11.9. The Morgan fingerprint density at radius 2 is 2.13 bits per heavy atom. The van der Waals surface area contributed by atoms with Crippen LogP contribution in [-0.4, -0.2) is 35.2 Å². The van der Waals surface area contributed by atoms with Crippen LogP contribution in [0.15, 0.2) is 34.9 Å². The first kappa shape index (κ1) is 15.5. The molecule has 1 aliphatic heterocycles. The number of rotatable bonds is 4. The Balaban J connectivity index is 1.67. The SMILES string of the molecule is CC(C)C(=O)NC1CCCN(c2noc(-c3ccccc3)n2)C1. The van der Waals surface area contributed by atoms with Crippen molar-refractivity contribution in [3.63, 3.8) is 0 Å². The van der Waals surface area contributed by atoms with Gasteiger partial charge < -0.3 is 14.7 Å². The van der Waals surface area contributed by atoms with Gasteiger partial charge in [-0.3, -0.25) is 4.79 Å². The fourth-order valence-corrected chi connectivity index (χ4v) is 2.69. The fraction of sp³-hybridized carbons (Fsp3) is 0.471. The predicted octanol–water partition coefficient (Wildman–Crippen LogP) is 2.48. The van der Waals surface area contributed by atoms with Crippen LogP contribution < -0.4 is 10.2 Å². The Hall–Kier alpha value is -2.37. The lowest BCUT2D eigenvalue weighted by Gasteiger charge is -2.32. The molecule has 23 heavy (non-hydrogen) atoms. The molecule has 1 atom stereocenters. The topological polar surface area (TPSA) is 71.3 Å². The molecule has 1 aliphatic rings. The Labute approximate surface area is 135 Å². The van der Waals surface area contributed by atoms with Crippen LogP contribution in [-0.2, 0) is 4.79 Å². The van der Waals surface area contributed by atoms with Gasteiger partial charge >= 0.3 is 0 Å². The molecule has 1 aromatic carbocycles. The molecule has 0 radical (unpaired) electrons. The average molecular weight is 314 g/mol. The molecule has 2 heterocycles. The number of anilines is 1. The van der Waals surface area contributed by atoms with Gasteiger partial charge in [0.15, 0.2) is 0 Å². The Morgan fingerprint density at radius 3 is 2.87 bits per heavy atom. The quantitative estimate of drug-likeness (QED) is 0.938. The van der Waals surface area contributed by atoms with E-state index in [-0.39, 0.29) is 17.9 Å². The van der Waals surface area contributed by atoms with E-state index in [4.69, 9.17) is 4.52 Å². The summed E-state index contributed by atoms with van der Waals surface area (Å²) in [6.07, 6.45) is 1.98. The molecule has 122 valence electrons. The van der Waals surface area contributed by atoms with Crippen molar-refractivity contribution in [3.05, 3.63) is 30.3 Å². The summed E-state index contributed by atoms with van der Waals surface area (Å²) in [5, 5.41) is 7.18. The van der Waals surface area contributed by atoms with Crippen molar-refractivity contribution in [2.75, 3.05) is 18.0 Å². The molecule has 0 saturated carbocycles. The molecule has 6 nitrogen and oxygen atoms in total. The van der Waals surface area contributed by atoms with Crippen LogP contribution in [0.2, 0.25) is 0 Å². The van der Waals surface area contributed by atoms with E-state index in [9.17, 15) is 4.79 Å². The normalized spacial score (nSPS) is 18.2. The molecule has 1 N–H and O–H groups in total. The van der Waals surface area contributed by atoms with Crippen LogP contribution in [0.5, 0.6) is 0 Å². The van der Waals surface area contributed by atoms with Crippen LogP contribution in [0.1, 0.15) is 26.7 Å². The molecule has 1 saturated heterocycles. The zero-order chi connectivity index (χ0) is 16.2. The number of amides is 1. The average Bonchev–Trinajstić information content (AvgIpc) is 3.06. The molecule has 0 spiro atoms. The van der Waals surface area contributed by atoms with Crippen molar-refractivity contribution in [2.45, 2.75) is 32.7 Å². The number of aromatic nitrogens is 2. The highest BCUT2D eigenvalue weighted by Crippen LogP contribution is 2.22. The van der Waals surface area contributed by atoms with Gasteiger partial charge in [0, 0.05) is 30.6 Å². The second-order valence-corrected chi connectivity index (χ2v) is 6.21. The highest BCUT2D eigenvalue weighted by Gasteiger charge is 2.25. The largest absolute Gasteiger partial charge is 0.351 e.